The van der Waals surface area contributed by atoms with Crippen LogP contribution in [0.4, 0.5) is 4.79 Å². The molecule has 130 valence electrons. The molecule has 2 rings (SSSR count). The molecule has 3 nitrogen and oxygen atoms in total. The first-order valence-electron chi connectivity index (χ1n) is 8.51. The van der Waals surface area contributed by atoms with Gasteiger partial charge in [-0.3, -0.25) is 0 Å². The first kappa shape index (κ1) is 18.7. The Kier molecular flexibility index (Phi) is 7.44. The number of hydrogen-bond donors (Lipinski definition) is 0. The Hall–Kier alpha value is -1.68. The van der Waals surface area contributed by atoms with Crippen LogP contribution in [0.2, 0.25) is 0 Å². The topological polar surface area (TPSA) is 29.5 Å². The van der Waals surface area contributed by atoms with E-state index in [1.807, 2.05) is 0 Å². The van der Waals surface area contributed by atoms with Crippen LogP contribution < -0.4 is 0 Å². The molecule has 1 aliphatic rings. The summed E-state index contributed by atoms with van der Waals surface area (Å²) in [5.41, 5.74) is 1.25. The molecule has 1 aromatic rings. The largest absolute Gasteiger partial charge is 0.416 e. The van der Waals surface area contributed by atoms with Crippen molar-refractivity contribution in [2.75, 3.05) is 19.3 Å². The molecule has 0 atom stereocenters. The lowest BCUT2D eigenvalue weighted by Crippen LogP contribution is -2.38. The van der Waals surface area contributed by atoms with Crippen LogP contribution in [0.3, 0.4) is 0 Å². The van der Waals surface area contributed by atoms with Crippen LogP contribution in [0.5, 0.6) is 0 Å². The van der Waals surface area contributed by atoms with Crippen LogP contribution in [0, 0.1) is 5.92 Å². The second-order valence-electron chi connectivity index (χ2n) is 6.25. The molecule has 1 saturated heterocycles. The SMILES string of the molecule is C=C(C)OC(=O)N1CCC(CC/C=C/c2ccc(SC)cc2)CC1. The van der Waals surface area contributed by atoms with Gasteiger partial charge in [-0.2, -0.15) is 0 Å². The lowest BCUT2D eigenvalue weighted by Gasteiger charge is -2.31. The number of piperidine rings is 1. The van der Waals surface area contributed by atoms with Gasteiger partial charge in [0, 0.05) is 18.0 Å². The highest BCUT2D eigenvalue weighted by Gasteiger charge is 2.23. The van der Waals surface area contributed by atoms with E-state index in [-0.39, 0.29) is 6.09 Å². The van der Waals surface area contributed by atoms with E-state index in [2.05, 4.69) is 49.3 Å². The number of thioether (sulfide) groups is 1. The molecule has 0 radical (unpaired) electrons. The van der Waals surface area contributed by atoms with Crippen LogP contribution in [0.1, 0.15) is 38.2 Å². The van der Waals surface area contributed by atoms with Gasteiger partial charge >= 0.3 is 6.09 Å². The Morgan fingerprint density at radius 1 is 1.33 bits per heavy atom. The number of nitrogens with zero attached hydrogens (tertiary/aromatic N) is 1. The van der Waals surface area contributed by atoms with Crippen LogP contribution in [0.25, 0.3) is 6.08 Å². The highest BCUT2D eigenvalue weighted by atomic mass is 32.2. The highest BCUT2D eigenvalue weighted by Crippen LogP contribution is 2.23. The first-order valence-corrected chi connectivity index (χ1v) is 9.74. The smallest absolute Gasteiger partial charge is 0.414 e. The minimum atomic E-state index is -0.255. The Morgan fingerprint density at radius 2 is 2.00 bits per heavy atom. The van der Waals surface area contributed by atoms with E-state index in [1.54, 1.807) is 23.6 Å². The minimum Gasteiger partial charge on any atom is -0.416 e. The maximum atomic E-state index is 11.8. The van der Waals surface area contributed by atoms with E-state index in [4.69, 9.17) is 4.74 Å². The molecule has 0 N–H and O–H groups in total. The summed E-state index contributed by atoms with van der Waals surface area (Å²) in [6.07, 6.45) is 10.7. The molecule has 0 unspecified atom stereocenters. The Balaban J connectivity index is 1.67. The predicted octanol–water partition coefficient (Wildman–Crippen LogP) is 5.58. The van der Waals surface area contributed by atoms with Gasteiger partial charge in [-0.15, -0.1) is 11.8 Å². The number of allylic oxidation sites excluding steroid dienone is 2. The quantitative estimate of drug-likeness (QED) is 0.497. The second-order valence-corrected chi connectivity index (χ2v) is 7.13. The predicted molar refractivity (Wildman–Crippen MR) is 102 cm³/mol. The van der Waals surface area contributed by atoms with Crippen molar-refractivity contribution in [3.05, 3.63) is 48.2 Å². The van der Waals surface area contributed by atoms with Crippen molar-refractivity contribution in [2.45, 2.75) is 37.5 Å². The average molecular weight is 346 g/mol. The fourth-order valence-electron chi connectivity index (χ4n) is 2.88. The number of carbonyl (C=O) groups is 1. The van der Waals surface area contributed by atoms with Gasteiger partial charge in [-0.1, -0.05) is 30.9 Å². The number of benzene rings is 1. The van der Waals surface area contributed by atoms with E-state index >= 15 is 0 Å². The third kappa shape index (κ3) is 6.08. The van der Waals surface area contributed by atoms with Crippen LogP contribution >= 0.6 is 11.8 Å². The Bertz CT molecular complexity index is 572. The van der Waals surface area contributed by atoms with Gasteiger partial charge in [0.1, 0.15) is 0 Å². The van der Waals surface area contributed by atoms with Gasteiger partial charge in [0.05, 0.1) is 5.76 Å². The van der Waals surface area contributed by atoms with Crippen molar-refractivity contribution in [2.24, 2.45) is 5.92 Å². The molecule has 0 aliphatic carbocycles. The highest BCUT2D eigenvalue weighted by molar-refractivity contribution is 7.98. The number of rotatable bonds is 6. The van der Waals surface area contributed by atoms with Gasteiger partial charge in [0.25, 0.3) is 0 Å². The third-order valence-electron chi connectivity index (χ3n) is 4.30. The van der Waals surface area contributed by atoms with Crippen LogP contribution in [0.15, 0.2) is 47.6 Å². The molecular formula is C20H27NO2S. The van der Waals surface area contributed by atoms with Gasteiger partial charge < -0.3 is 9.64 Å². The zero-order valence-electron chi connectivity index (χ0n) is 14.7. The average Bonchev–Trinajstić information content (AvgIpc) is 2.59. The molecule has 1 heterocycles. The van der Waals surface area contributed by atoms with Crippen molar-refractivity contribution in [3.8, 4) is 0 Å². The molecule has 24 heavy (non-hydrogen) atoms. The molecule has 1 amide bonds. The number of likely N-dealkylation sites (tertiary alicyclic amines) is 1. The number of carbonyl (C=O) groups excluding carboxylic acids is 1. The summed E-state index contributed by atoms with van der Waals surface area (Å²) in [6, 6.07) is 8.64. The molecule has 1 fully saturated rings. The maximum absolute atomic E-state index is 11.8. The standard InChI is InChI=1S/C20H27NO2S/c1-16(2)23-20(22)21-14-12-18(13-15-21)7-5-4-6-17-8-10-19(24-3)11-9-17/h4,6,8-11,18H,1,5,7,12-15H2,2-3H3/b6-4+. The first-order chi connectivity index (χ1) is 11.6. The Labute approximate surface area is 149 Å². The zero-order chi connectivity index (χ0) is 17.4. The number of hydrogen-bond acceptors (Lipinski definition) is 3. The Morgan fingerprint density at radius 3 is 2.58 bits per heavy atom. The van der Waals surface area contributed by atoms with Crippen molar-refractivity contribution in [3.63, 3.8) is 0 Å². The molecule has 1 aliphatic heterocycles. The molecule has 4 heteroatoms. The van der Waals surface area contributed by atoms with E-state index in [1.165, 1.54) is 16.9 Å². The molecule has 0 aromatic heterocycles. The summed E-state index contributed by atoms with van der Waals surface area (Å²) < 4.78 is 5.07. The van der Waals surface area contributed by atoms with E-state index < -0.39 is 0 Å². The summed E-state index contributed by atoms with van der Waals surface area (Å²) in [4.78, 5) is 14.9. The third-order valence-corrected chi connectivity index (χ3v) is 5.05. The van der Waals surface area contributed by atoms with Gasteiger partial charge in [-0.25, -0.2) is 4.79 Å². The van der Waals surface area contributed by atoms with Crippen molar-refractivity contribution in [1.82, 2.24) is 4.90 Å². The second kappa shape index (κ2) is 9.58. The van der Waals surface area contributed by atoms with Crippen molar-refractivity contribution in [1.29, 1.82) is 0 Å². The fraction of sp³-hybridized carbons (Fsp3) is 0.450. The van der Waals surface area contributed by atoms with Gasteiger partial charge in [0.2, 0.25) is 0 Å². The molecular weight excluding hydrogens is 318 g/mol. The van der Waals surface area contributed by atoms with Gasteiger partial charge in [0.15, 0.2) is 0 Å². The lowest BCUT2D eigenvalue weighted by molar-refractivity contribution is 0.110. The van der Waals surface area contributed by atoms with Gasteiger partial charge in [-0.05, 0) is 62.5 Å². The molecule has 0 bridgehead atoms. The van der Waals surface area contributed by atoms with Crippen LogP contribution in [-0.4, -0.2) is 30.3 Å². The van der Waals surface area contributed by atoms with E-state index in [0.717, 1.165) is 32.4 Å². The van der Waals surface area contributed by atoms with Crippen LogP contribution in [-0.2, 0) is 4.74 Å². The monoisotopic (exact) mass is 345 g/mol. The van der Waals surface area contributed by atoms with E-state index in [9.17, 15) is 4.79 Å². The number of ether oxygens (including phenoxy) is 1. The summed E-state index contributed by atoms with van der Waals surface area (Å²) in [7, 11) is 0. The maximum Gasteiger partial charge on any atom is 0.414 e. The zero-order valence-corrected chi connectivity index (χ0v) is 15.5. The molecule has 0 saturated carbocycles. The van der Waals surface area contributed by atoms with Crippen molar-refractivity contribution < 1.29 is 9.53 Å². The summed E-state index contributed by atoms with van der Waals surface area (Å²) in [6.45, 7) is 6.89. The number of amides is 1. The summed E-state index contributed by atoms with van der Waals surface area (Å²) >= 11 is 1.76. The molecule has 1 aromatic carbocycles. The van der Waals surface area contributed by atoms with Crippen molar-refractivity contribution >= 4 is 23.9 Å². The van der Waals surface area contributed by atoms with E-state index in [0.29, 0.717) is 11.7 Å². The minimum absolute atomic E-state index is 0.255. The fourth-order valence-corrected chi connectivity index (χ4v) is 3.29. The summed E-state index contributed by atoms with van der Waals surface area (Å²) in [5.74, 6) is 1.15. The lowest BCUT2D eigenvalue weighted by atomic mass is 9.92. The molecule has 0 spiro atoms. The summed E-state index contributed by atoms with van der Waals surface area (Å²) in [5, 5.41) is 0. The normalized spacial score (nSPS) is 15.7.